The second-order valence-corrected chi connectivity index (χ2v) is 9.68. The van der Waals surface area contributed by atoms with Gasteiger partial charge < -0.3 is 19.7 Å². The molecule has 0 unspecified atom stereocenters. The standard InChI is InChI=1S/C29H36N2O5/c32-27(24-15-8-3-9-16-24)30-25(21-35-19-22-11-4-1-5-12-22)28(33)31-18-10-17-26(31)29(34)36-20-23-13-6-2-7-14-23/h1-2,4-7,11-14,24-26H,3,8-10,15-21H2,(H,30,32)/t25-,26-/m0/s1. The van der Waals surface area contributed by atoms with Gasteiger partial charge in [-0.05, 0) is 36.8 Å². The Morgan fingerprint density at radius 1 is 0.833 bits per heavy atom. The van der Waals surface area contributed by atoms with Crippen LogP contribution in [-0.4, -0.2) is 47.9 Å². The van der Waals surface area contributed by atoms with Gasteiger partial charge in [0.05, 0.1) is 13.2 Å². The topological polar surface area (TPSA) is 84.9 Å². The monoisotopic (exact) mass is 492 g/mol. The Balaban J connectivity index is 1.39. The van der Waals surface area contributed by atoms with Gasteiger partial charge in [-0.25, -0.2) is 4.79 Å². The SMILES string of the molecule is O=C(N[C@@H](COCc1ccccc1)C(=O)N1CCC[C@H]1C(=O)OCc1ccccc1)C1CCCCC1. The Kier molecular flexibility index (Phi) is 9.50. The summed E-state index contributed by atoms with van der Waals surface area (Å²) < 4.78 is 11.4. The molecule has 2 aromatic carbocycles. The molecule has 192 valence electrons. The predicted octanol–water partition coefficient (Wildman–Crippen LogP) is 4.00. The van der Waals surface area contributed by atoms with Crippen LogP contribution in [0.25, 0.3) is 0 Å². The third-order valence-electron chi connectivity index (χ3n) is 7.02. The van der Waals surface area contributed by atoms with Gasteiger partial charge in [0.15, 0.2) is 0 Å². The molecule has 0 spiro atoms. The van der Waals surface area contributed by atoms with E-state index < -0.39 is 18.1 Å². The van der Waals surface area contributed by atoms with E-state index in [1.807, 2.05) is 60.7 Å². The molecule has 0 aromatic heterocycles. The molecule has 2 aromatic rings. The predicted molar refractivity (Wildman–Crippen MR) is 136 cm³/mol. The zero-order valence-electron chi connectivity index (χ0n) is 20.8. The number of hydrogen-bond acceptors (Lipinski definition) is 5. The molecule has 7 heteroatoms. The average Bonchev–Trinajstić information content (AvgIpc) is 3.42. The van der Waals surface area contributed by atoms with Crippen LogP contribution >= 0.6 is 0 Å². The van der Waals surface area contributed by atoms with Crippen LogP contribution in [0, 0.1) is 5.92 Å². The molecule has 1 heterocycles. The lowest BCUT2D eigenvalue weighted by Gasteiger charge is -2.30. The molecule has 0 bridgehead atoms. The summed E-state index contributed by atoms with van der Waals surface area (Å²) in [6.07, 6.45) is 6.16. The van der Waals surface area contributed by atoms with Crippen molar-refractivity contribution in [2.24, 2.45) is 5.92 Å². The molecular weight excluding hydrogens is 456 g/mol. The van der Waals surface area contributed by atoms with Crippen molar-refractivity contribution in [3.8, 4) is 0 Å². The number of rotatable bonds is 10. The molecule has 2 amide bonds. The average molecular weight is 493 g/mol. The lowest BCUT2D eigenvalue weighted by molar-refractivity contribution is -0.155. The van der Waals surface area contributed by atoms with E-state index >= 15 is 0 Å². The highest BCUT2D eigenvalue weighted by Gasteiger charge is 2.39. The van der Waals surface area contributed by atoms with Crippen LogP contribution in [0.2, 0.25) is 0 Å². The summed E-state index contributed by atoms with van der Waals surface area (Å²) in [7, 11) is 0. The third-order valence-corrected chi connectivity index (χ3v) is 7.02. The van der Waals surface area contributed by atoms with Crippen molar-refractivity contribution in [3.05, 3.63) is 71.8 Å². The number of carbonyl (C=O) groups excluding carboxylic acids is 3. The second kappa shape index (κ2) is 13.2. The number of hydrogen-bond donors (Lipinski definition) is 1. The Morgan fingerprint density at radius 3 is 2.14 bits per heavy atom. The molecule has 1 N–H and O–H groups in total. The maximum atomic E-state index is 13.6. The molecule has 1 aliphatic heterocycles. The first-order chi connectivity index (χ1) is 17.6. The molecule has 0 radical (unpaired) electrons. The van der Waals surface area contributed by atoms with Crippen molar-refractivity contribution in [3.63, 3.8) is 0 Å². The first kappa shape index (κ1) is 25.9. The summed E-state index contributed by atoms with van der Waals surface area (Å²) >= 11 is 0. The lowest BCUT2D eigenvalue weighted by atomic mass is 9.88. The van der Waals surface area contributed by atoms with Crippen LogP contribution in [0.5, 0.6) is 0 Å². The molecule has 4 rings (SSSR count). The summed E-state index contributed by atoms with van der Waals surface area (Å²) in [6.45, 7) is 1.01. The van der Waals surface area contributed by atoms with Gasteiger partial charge in [-0.2, -0.15) is 0 Å². The smallest absolute Gasteiger partial charge is 0.329 e. The fourth-order valence-electron chi connectivity index (χ4n) is 5.00. The van der Waals surface area contributed by atoms with Crippen LogP contribution in [0.4, 0.5) is 0 Å². The first-order valence-electron chi connectivity index (χ1n) is 13.0. The normalized spacial score (nSPS) is 19.0. The zero-order chi connectivity index (χ0) is 25.2. The minimum Gasteiger partial charge on any atom is -0.459 e. The highest BCUT2D eigenvalue weighted by atomic mass is 16.5. The van der Waals surface area contributed by atoms with Gasteiger partial charge in [0, 0.05) is 12.5 Å². The first-order valence-corrected chi connectivity index (χ1v) is 13.0. The van der Waals surface area contributed by atoms with Crippen molar-refractivity contribution in [1.29, 1.82) is 0 Å². The maximum absolute atomic E-state index is 13.6. The number of amides is 2. The van der Waals surface area contributed by atoms with Crippen molar-refractivity contribution in [2.45, 2.75) is 70.2 Å². The van der Waals surface area contributed by atoms with E-state index in [9.17, 15) is 14.4 Å². The van der Waals surface area contributed by atoms with Gasteiger partial charge in [0.1, 0.15) is 18.7 Å². The summed E-state index contributed by atoms with van der Waals surface area (Å²) in [6, 6.07) is 17.7. The van der Waals surface area contributed by atoms with E-state index in [-0.39, 0.29) is 30.9 Å². The zero-order valence-corrected chi connectivity index (χ0v) is 20.8. The summed E-state index contributed by atoms with van der Waals surface area (Å²) in [5.41, 5.74) is 1.89. The summed E-state index contributed by atoms with van der Waals surface area (Å²) in [4.78, 5) is 41.1. The molecule has 7 nitrogen and oxygen atoms in total. The molecular formula is C29H36N2O5. The summed E-state index contributed by atoms with van der Waals surface area (Å²) in [5.74, 6) is -0.870. The Labute approximate surface area is 213 Å². The van der Waals surface area contributed by atoms with E-state index in [0.29, 0.717) is 26.0 Å². The highest BCUT2D eigenvalue weighted by Crippen LogP contribution is 2.25. The van der Waals surface area contributed by atoms with Crippen LogP contribution in [-0.2, 0) is 37.1 Å². The Bertz CT molecular complexity index is 991. The van der Waals surface area contributed by atoms with Gasteiger partial charge in [-0.1, -0.05) is 79.9 Å². The van der Waals surface area contributed by atoms with Crippen LogP contribution in [0.1, 0.15) is 56.1 Å². The number of carbonyl (C=O) groups is 3. The quantitative estimate of drug-likeness (QED) is 0.507. The number of benzene rings is 2. The van der Waals surface area contributed by atoms with Gasteiger partial charge >= 0.3 is 5.97 Å². The van der Waals surface area contributed by atoms with Gasteiger partial charge in [0.2, 0.25) is 11.8 Å². The molecule has 2 aliphatic rings. The fraction of sp³-hybridized carbons (Fsp3) is 0.483. The number of ether oxygens (including phenoxy) is 2. The van der Waals surface area contributed by atoms with Gasteiger partial charge in [0.25, 0.3) is 0 Å². The molecule has 1 aliphatic carbocycles. The minimum absolute atomic E-state index is 0.0501. The number of nitrogens with one attached hydrogen (secondary N) is 1. The number of likely N-dealkylation sites (tertiary alicyclic amines) is 1. The van der Waals surface area contributed by atoms with Gasteiger partial charge in [-0.3, -0.25) is 9.59 Å². The van der Waals surface area contributed by atoms with E-state index in [2.05, 4.69) is 5.32 Å². The van der Waals surface area contributed by atoms with Crippen molar-refractivity contribution in [1.82, 2.24) is 10.2 Å². The van der Waals surface area contributed by atoms with Crippen molar-refractivity contribution >= 4 is 17.8 Å². The summed E-state index contributed by atoms with van der Waals surface area (Å²) in [5, 5.41) is 2.96. The largest absolute Gasteiger partial charge is 0.459 e. The Hall–Kier alpha value is -3.19. The van der Waals surface area contributed by atoms with Crippen molar-refractivity contribution < 1.29 is 23.9 Å². The van der Waals surface area contributed by atoms with E-state index in [4.69, 9.17) is 9.47 Å². The molecule has 2 fully saturated rings. The van der Waals surface area contributed by atoms with E-state index in [0.717, 1.165) is 43.2 Å². The molecule has 1 saturated carbocycles. The fourth-order valence-corrected chi connectivity index (χ4v) is 5.00. The second-order valence-electron chi connectivity index (χ2n) is 9.68. The van der Waals surface area contributed by atoms with E-state index in [1.165, 1.54) is 0 Å². The maximum Gasteiger partial charge on any atom is 0.329 e. The molecule has 2 atom stereocenters. The molecule has 36 heavy (non-hydrogen) atoms. The van der Waals surface area contributed by atoms with Crippen LogP contribution in [0.15, 0.2) is 60.7 Å². The Morgan fingerprint density at radius 2 is 1.47 bits per heavy atom. The molecule has 1 saturated heterocycles. The van der Waals surface area contributed by atoms with Gasteiger partial charge in [-0.15, -0.1) is 0 Å². The third kappa shape index (κ3) is 7.17. The van der Waals surface area contributed by atoms with E-state index in [1.54, 1.807) is 4.90 Å². The van der Waals surface area contributed by atoms with Crippen LogP contribution in [0.3, 0.4) is 0 Å². The number of nitrogens with zero attached hydrogens (tertiary/aromatic N) is 1. The van der Waals surface area contributed by atoms with Crippen molar-refractivity contribution in [2.75, 3.05) is 13.2 Å². The lowest BCUT2D eigenvalue weighted by Crippen LogP contribution is -2.54. The van der Waals surface area contributed by atoms with Crippen LogP contribution < -0.4 is 5.32 Å². The minimum atomic E-state index is -0.842. The highest BCUT2D eigenvalue weighted by molar-refractivity contribution is 5.91. The number of esters is 1.